The van der Waals surface area contributed by atoms with Crippen LogP contribution in [-0.4, -0.2) is 25.5 Å². The van der Waals surface area contributed by atoms with Gasteiger partial charge in [0.1, 0.15) is 0 Å². The van der Waals surface area contributed by atoms with Crippen molar-refractivity contribution in [3.8, 4) is 0 Å². The minimum absolute atomic E-state index is 0.0484. The average Bonchev–Trinajstić information content (AvgIpc) is 2.45. The second-order valence-corrected chi connectivity index (χ2v) is 5.82. The van der Waals surface area contributed by atoms with Gasteiger partial charge in [-0.1, -0.05) is 6.92 Å². The molecule has 1 aliphatic rings. The summed E-state index contributed by atoms with van der Waals surface area (Å²) in [7, 11) is 0. The van der Waals surface area contributed by atoms with Crippen LogP contribution >= 0.6 is 0 Å². The fraction of sp³-hybridized carbons (Fsp3) is 0.533. The lowest BCUT2D eigenvalue weighted by molar-refractivity contribution is -0.137. The lowest BCUT2D eigenvalue weighted by Crippen LogP contribution is -2.42. The predicted molar refractivity (Wildman–Crippen MR) is 74.0 cm³/mol. The summed E-state index contributed by atoms with van der Waals surface area (Å²) < 4.78 is 37.4. The van der Waals surface area contributed by atoms with E-state index in [0.717, 1.165) is 38.1 Å². The second kappa shape index (κ2) is 6.05. The van der Waals surface area contributed by atoms with Crippen LogP contribution in [0.15, 0.2) is 24.3 Å². The van der Waals surface area contributed by atoms with Crippen molar-refractivity contribution in [2.24, 2.45) is 5.41 Å². The predicted octanol–water partition coefficient (Wildman–Crippen LogP) is 2.82. The van der Waals surface area contributed by atoms with Crippen molar-refractivity contribution in [1.29, 1.82) is 0 Å². The third kappa shape index (κ3) is 4.20. The SMILES string of the molecule is CC1(CNC(=O)c2ccc(C(F)(F)F)cc2)CCNCC1. The highest BCUT2D eigenvalue weighted by Gasteiger charge is 2.30. The summed E-state index contributed by atoms with van der Waals surface area (Å²) >= 11 is 0. The Kier molecular flexibility index (Phi) is 4.56. The largest absolute Gasteiger partial charge is 0.416 e. The monoisotopic (exact) mass is 300 g/mol. The van der Waals surface area contributed by atoms with E-state index in [-0.39, 0.29) is 16.9 Å². The van der Waals surface area contributed by atoms with Crippen LogP contribution in [0.1, 0.15) is 35.7 Å². The number of carbonyl (C=O) groups excluding carboxylic acids is 1. The molecule has 2 N–H and O–H groups in total. The van der Waals surface area contributed by atoms with Gasteiger partial charge in [-0.2, -0.15) is 13.2 Å². The minimum Gasteiger partial charge on any atom is -0.351 e. The van der Waals surface area contributed by atoms with E-state index in [0.29, 0.717) is 6.54 Å². The van der Waals surface area contributed by atoms with E-state index in [4.69, 9.17) is 0 Å². The van der Waals surface area contributed by atoms with Crippen molar-refractivity contribution in [3.63, 3.8) is 0 Å². The number of hydrogen-bond acceptors (Lipinski definition) is 2. The molecule has 1 aliphatic heterocycles. The third-order valence-electron chi connectivity index (χ3n) is 3.96. The van der Waals surface area contributed by atoms with Crippen molar-refractivity contribution < 1.29 is 18.0 Å². The smallest absolute Gasteiger partial charge is 0.351 e. The molecule has 0 spiro atoms. The molecule has 6 heteroatoms. The maximum absolute atomic E-state index is 12.5. The Morgan fingerprint density at radius 3 is 2.33 bits per heavy atom. The van der Waals surface area contributed by atoms with E-state index in [9.17, 15) is 18.0 Å². The molecule has 1 heterocycles. The van der Waals surface area contributed by atoms with Crippen LogP contribution in [0.5, 0.6) is 0 Å². The van der Waals surface area contributed by atoms with Crippen molar-refractivity contribution in [3.05, 3.63) is 35.4 Å². The zero-order valence-electron chi connectivity index (χ0n) is 11.9. The van der Waals surface area contributed by atoms with Gasteiger partial charge in [0.2, 0.25) is 0 Å². The maximum atomic E-state index is 12.5. The summed E-state index contributed by atoms with van der Waals surface area (Å²) in [5.74, 6) is -0.330. The van der Waals surface area contributed by atoms with Gasteiger partial charge >= 0.3 is 6.18 Å². The standard InChI is InChI=1S/C15H19F3N2O/c1-14(6-8-19-9-7-14)10-20-13(21)11-2-4-12(5-3-11)15(16,17)18/h2-5,19H,6-10H2,1H3,(H,20,21). The lowest BCUT2D eigenvalue weighted by atomic mass is 9.81. The molecule has 21 heavy (non-hydrogen) atoms. The number of amides is 1. The molecule has 0 aromatic heterocycles. The van der Waals surface area contributed by atoms with Crippen LogP contribution in [-0.2, 0) is 6.18 Å². The van der Waals surface area contributed by atoms with Crippen LogP contribution in [0.3, 0.4) is 0 Å². The van der Waals surface area contributed by atoms with Crippen LogP contribution in [0, 0.1) is 5.41 Å². The summed E-state index contributed by atoms with van der Waals surface area (Å²) in [6.07, 6.45) is -2.43. The number of nitrogens with one attached hydrogen (secondary N) is 2. The Morgan fingerprint density at radius 1 is 1.24 bits per heavy atom. The van der Waals surface area contributed by atoms with E-state index in [1.165, 1.54) is 12.1 Å². The van der Waals surface area contributed by atoms with Crippen molar-refractivity contribution in [2.75, 3.05) is 19.6 Å². The first kappa shape index (κ1) is 15.8. The Hall–Kier alpha value is -1.56. The fourth-order valence-corrected chi connectivity index (χ4v) is 2.41. The number of piperidine rings is 1. The molecule has 1 amide bonds. The molecule has 1 saturated heterocycles. The number of hydrogen-bond donors (Lipinski definition) is 2. The van der Waals surface area contributed by atoms with Gasteiger partial charge in [-0.3, -0.25) is 4.79 Å². The fourth-order valence-electron chi connectivity index (χ4n) is 2.41. The van der Waals surface area contributed by atoms with E-state index >= 15 is 0 Å². The Bertz CT molecular complexity index is 491. The van der Waals surface area contributed by atoms with Gasteiger partial charge in [-0.15, -0.1) is 0 Å². The molecule has 0 bridgehead atoms. The van der Waals surface area contributed by atoms with Crippen LogP contribution in [0.2, 0.25) is 0 Å². The minimum atomic E-state index is -4.38. The molecule has 0 radical (unpaired) electrons. The van der Waals surface area contributed by atoms with Gasteiger partial charge in [-0.25, -0.2) is 0 Å². The quantitative estimate of drug-likeness (QED) is 0.901. The van der Waals surface area contributed by atoms with Gasteiger partial charge in [0.05, 0.1) is 5.56 Å². The molecule has 0 unspecified atom stereocenters. The topological polar surface area (TPSA) is 41.1 Å². The summed E-state index contributed by atoms with van der Waals surface area (Å²) in [5.41, 5.74) is -0.447. The zero-order chi connectivity index (χ0) is 15.5. The molecule has 1 fully saturated rings. The molecule has 0 atom stereocenters. The second-order valence-electron chi connectivity index (χ2n) is 5.82. The van der Waals surface area contributed by atoms with Crippen molar-refractivity contribution >= 4 is 5.91 Å². The third-order valence-corrected chi connectivity index (χ3v) is 3.96. The first-order valence-electron chi connectivity index (χ1n) is 6.96. The zero-order valence-corrected chi connectivity index (χ0v) is 11.9. The Morgan fingerprint density at radius 2 is 1.81 bits per heavy atom. The highest BCUT2D eigenvalue weighted by Crippen LogP contribution is 2.29. The molecule has 1 aromatic carbocycles. The van der Waals surface area contributed by atoms with Gasteiger partial charge in [-0.05, 0) is 55.6 Å². The van der Waals surface area contributed by atoms with Gasteiger partial charge in [0, 0.05) is 12.1 Å². The molecule has 2 rings (SSSR count). The van der Waals surface area contributed by atoms with Crippen LogP contribution < -0.4 is 10.6 Å². The Balaban J connectivity index is 1.94. The molecule has 0 saturated carbocycles. The molecular formula is C15H19F3N2O. The maximum Gasteiger partial charge on any atom is 0.416 e. The van der Waals surface area contributed by atoms with E-state index < -0.39 is 11.7 Å². The Labute approximate surface area is 121 Å². The average molecular weight is 300 g/mol. The van der Waals surface area contributed by atoms with Crippen LogP contribution in [0.4, 0.5) is 13.2 Å². The van der Waals surface area contributed by atoms with Gasteiger partial charge in [0.15, 0.2) is 0 Å². The summed E-state index contributed by atoms with van der Waals surface area (Å²) in [6.45, 7) is 4.49. The van der Waals surface area contributed by atoms with Crippen molar-refractivity contribution in [1.82, 2.24) is 10.6 Å². The summed E-state index contributed by atoms with van der Waals surface area (Å²) in [4.78, 5) is 12.0. The van der Waals surface area contributed by atoms with Gasteiger partial charge in [0.25, 0.3) is 5.91 Å². The number of alkyl halides is 3. The number of halogens is 3. The number of benzene rings is 1. The van der Waals surface area contributed by atoms with Crippen molar-refractivity contribution in [2.45, 2.75) is 25.9 Å². The first-order chi connectivity index (χ1) is 9.80. The first-order valence-corrected chi connectivity index (χ1v) is 6.96. The lowest BCUT2D eigenvalue weighted by Gasteiger charge is -2.34. The van der Waals surface area contributed by atoms with E-state index in [1.54, 1.807) is 0 Å². The highest BCUT2D eigenvalue weighted by molar-refractivity contribution is 5.94. The molecule has 0 aliphatic carbocycles. The van der Waals surface area contributed by atoms with Gasteiger partial charge < -0.3 is 10.6 Å². The van der Waals surface area contributed by atoms with E-state index in [1.807, 2.05) is 0 Å². The number of carbonyl (C=O) groups is 1. The molecule has 1 aromatic rings. The molecular weight excluding hydrogens is 281 g/mol. The van der Waals surface area contributed by atoms with E-state index in [2.05, 4.69) is 17.6 Å². The summed E-state index contributed by atoms with van der Waals surface area (Å²) in [6, 6.07) is 4.29. The number of rotatable bonds is 3. The normalized spacial score (nSPS) is 18.3. The highest BCUT2D eigenvalue weighted by atomic mass is 19.4. The van der Waals surface area contributed by atoms with Crippen LogP contribution in [0.25, 0.3) is 0 Å². The molecule has 3 nitrogen and oxygen atoms in total. The molecule has 116 valence electrons. The summed E-state index contributed by atoms with van der Waals surface area (Å²) in [5, 5.41) is 6.08.